The van der Waals surface area contributed by atoms with Crippen molar-refractivity contribution in [2.24, 2.45) is 0 Å². The molecule has 1 N–H and O–H groups in total. The summed E-state index contributed by atoms with van der Waals surface area (Å²) in [5.41, 5.74) is 0.479. The van der Waals surface area contributed by atoms with E-state index < -0.39 is 5.97 Å². The molecule has 1 saturated heterocycles. The molecule has 2 aromatic rings. The van der Waals surface area contributed by atoms with Gasteiger partial charge in [-0.05, 0) is 51.2 Å². The monoisotopic (exact) mass is 393 g/mol. The first-order chi connectivity index (χ1) is 12.8. The molecule has 27 heavy (non-hydrogen) atoms. The fraction of sp³-hybridized carbons (Fsp3) is 0.474. The molecule has 8 heteroatoms. The molecule has 1 aliphatic heterocycles. The van der Waals surface area contributed by atoms with Crippen molar-refractivity contribution in [1.82, 2.24) is 10.1 Å². The number of likely N-dealkylation sites (N-methyl/N-ethyl adjacent to an activating group) is 1. The number of aromatic carboxylic acids is 1. The summed E-state index contributed by atoms with van der Waals surface area (Å²) in [6.07, 6.45) is 1.56. The molecule has 0 unspecified atom stereocenters. The van der Waals surface area contributed by atoms with Crippen molar-refractivity contribution < 1.29 is 19.2 Å². The van der Waals surface area contributed by atoms with Crippen molar-refractivity contribution in [3.63, 3.8) is 0 Å². The Labute approximate surface area is 163 Å². The van der Waals surface area contributed by atoms with E-state index in [1.807, 2.05) is 19.0 Å². The Balaban J connectivity index is 1.86. The average molecular weight is 394 g/mol. The molecular weight excluding hydrogens is 370 g/mol. The minimum Gasteiger partial charge on any atom is -0.477 e. The Morgan fingerprint density at radius 2 is 1.96 bits per heavy atom. The Kier molecular flexibility index (Phi) is 5.74. The molecule has 1 aromatic carbocycles. The van der Waals surface area contributed by atoms with Crippen molar-refractivity contribution in [1.29, 1.82) is 0 Å². The fourth-order valence-electron chi connectivity index (χ4n) is 3.62. The van der Waals surface area contributed by atoms with Gasteiger partial charge in [0.25, 0.3) is 0 Å². The minimum atomic E-state index is -1.06. The lowest BCUT2D eigenvalue weighted by Gasteiger charge is -2.42. The van der Waals surface area contributed by atoms with Gasteiger partial charge in [0, 0.05) is 37.3 Å². The average Bonchev–Trinajstić information content (AvgIpc) is 3.07. The number of hydrogen-bond acceptors (Lipinski definition) is 6. The quantitative estimate of drug-likeness (QED) is 0.806. The zero-order valence-corrected chi connectivity index (χ0v) is 16.5. The van der Waals surface area contributed by atoms with Gasteiger partial charge in [-0.25, -0.2) is 4.79 Å². The zero-order chi connectivity index (χ0) is 19.6. The number of benzene rings is 1. The fourth-order valence-corrected chi connectivity index (χ4v) is 3.74. The van der Waals surface area contributed by atoms with Crippen LogP contribution in [0.4, 0.5) is 5.82 Å². The summed E-state index contributed by atoms with van der Waals surface area (Å²) in [7, 11) is 5.77. The molecule has 7 nitrogen and oxygen atoms in total. The number of piperidine rings is 1. The lowest BCUT2D eigenvalue weighted by molar-refractivity contribution is -0.0455. The molecule has 0 amide bonds. The molecule has 0 radical (unpaired) electrons. The topological polar surface area (TPSA) is 79.0 Å². The van der Waals surface area contributed by atoms with Crippen molar-refractivity contribution >= 4 is 23.4 Å². The largest absolute Gasteiger partial charge is 0.477 e. The lowest BCUT2D eigenvalue weighted by Crippen LogP contribution is -2.51. The van der Waals surface area contributed by atoms with Gasteiger partial charge in [0.2, 0.25) is 0 Å². The predicted octanol–water partition coefficient (Wildman–Crippen LogP) is 3.24. The van der Waals surface area contributed by atoms with Crippen molar-refractivity contribution in [2.75, 3.05) is 45.7 Å². The van der Waals surface area contributed by atoms with Crippen LogP contribution in [0.1, 0.15) is 23.2 Å². The van der Waals surface area contributed by atoms with Crippen molar-refractivity contribution in [3.05, 3.63) is 34.9 Å². The van der Waals surface area contributed by atoms with Gasteiger partial charge in [-0.2, -0.15) is 0 Å². The zero-order valence-electron chi connectivity index (χ0n) is 15.7. The van der Waals surface area contributed by atoms with Crippen molar-refractivity contribution in [3.8, 4) is 11.3 Å². The van der Waals surface area contributed by atoms with Gasteiger partial charge in [-0.1, -0.05) is 16.8 Å². The number of nitrogens with zero attached hydrogens (tertiary/aromatic N) is 3. The molecule has 0 saturated carbocycles. The van der Waals surface area contributed by atoms with Crippen LogP contribution in [0.25, 0.3) is 11.3 Å². The number of aromatic nitrogens is 1. The van der Waals surface area contributed by atoms with E-state index in [9.17, 15) is 9.90 Å². The van der Waals surface area contributed by atoms with Gasteiger partial charge < -0.3 is 24.2 Å². The minimum absolute atomic E-state index is 0.0786. The summed E-state index contributed by atoms with van der Waals surface area (Å²) in [4.78, 5) is 16.0. The second-order valence-corrected chi connectivity index (χ2v) is 7.57. The Morgan fingerprint density at radius 1 is 1.33 bits per heavy atom. The van der Waals surface area contributed by atoms with Crippen LogP contribution in [0, 0.1) is 0 Å². The van der Waals surface area contributed by atoms with E-state index in [4.69, 9.17) is 20.9 Å². The van der Waals surface area contributed by atoms with Gasteiger partial charge in [-0.15, -0.1) is 0 Å². The summed E-state index contributed by atoms with van der Waals surface area (Å²) >= 11 is 5.92. The van der Waals surface area contributed by atoms with E-state index in [0.29, 0.717) is 29.5 Å². The third-order valence-corrected chi connectivity index (χ3v) is 5.26. The van der Waals surface area contributed by atoms with E-state index in [1.165, 1.54) is 0 Å². The highest BCUT2D eigenvalue weighted by atomic mass is 35.5. The molecule has 1 fully saturated rings. The molecule has 0 atom stereocenters. The van der Waals surface area contributed by atoms with E-state index in [0.717, 1.165) is 19.4 Å². The highest BCUT2D eigenvalue weighted by molar-refractivity contribution is 6.30. The summed E-state index contributed by atoms with van der Waals surface area (Å²) in [5.74, 6) is -0.457. The van der Waals surface area contributed by atoms with Crippen LogP contribution in [0.3, 0.4) is 0 Å². The standard InChI is InChI=1S/C19H24ClN3O4/c1-22(2)12-19(26-3)8-10-23(11-9-19)17-15(18(24)25)16(27-21-17)13-4-6-14(20)7-5-13/h4-7H,8-12H2,1-3H3,(H,24,25). The summed E-state index contributed by atoms with van der Waals surface area (Å²) < 4.78 is 11.2. The van der Waals surface area contributed by atoms with E-state index in [2.05, 4.69) is 10.1 Å². The van der Waals surface area contributed by atoms with Crippen LogP contribution in [-0.4, -0.2) is 67.6 Å². The highest BCUT2D eigenvalue weighted by Gasteiger charge is 2.37. The number of carbonyl (C=O) groups is 1. The summed E-state index contributed by atoms with van der Waals surface area (Å²) in [6.45, 7) is 2.11. The number of anilines is 1. The van der Waals surface area contributed by atoms with Crippen LogP contribution < -0.4 is 4.90 Å². The number of halogens is 1. The van der Waals surface area contributed by atoms with Gasteiger partial charge in [0.05, 0.1) is 5.60 Å². The maximum Gasteiger partial charge on any atom is 0.343 e. The normalized spacial score (nSPS) is 16.7. The summed E-state index contributed by atoms with van der Waals surface area (Å²) in [6, 6.07) is 6.84. The first kappa shape index (κ1) is 19.7. The third kappa shape index (κ3) is 4.10. The maximum atomic E-state index is 11.9. The first-order valence-corrected chi connectivity index (χ1v) is 9.17. The van der Waals surface area contributed by atoms with Crippen LogP contribution in [0.15, 0.2) is 28.8 Å². The molecule has 0 aliphatic carbocycles. The maximum absolute atomic E-state index is 11.9. The molecule has 146 valence electrons. The predicted molar refractivity (Wildman–Crippen MR) is 104 cm³/mol. The summed E-state index contributed by atoms with van der Waals surface area (Å²) in [5, 5.41) is 14.4. The van der Waals surface area contributed by atoms with E-state index >= 15 is 0 Å². The third-order valence-electron chi connectivity index (χ3n) is 5.01. The SMILES string of the molecule is COC1(CN(C)C)CCN(c2noc(-c3ccc(Cl)cc3)c2C(=O)O)CC1. The molecule has 1 aromatic heterocycles. The first-order valence-electron chi connectivity index (χ1n) is 8.79. The smallest absolute Gasteiger partial charge is 0.343 e. The van der Waals surface area contributed by atoms with Gasteiger partial charge >= 0.3 is 5.97 Å². The second kappa shape index (κ2) is 7.88. The molecule has 1 aliphatic rings. The lowest BCUT2D eigenvalue weighted by atomic mass is 9.90. The number of hydrogen-bond donors (Lipinski definition) is 1. The number of rotatable bonds is 6. The number of carboxylic acid groups (broad SMARTS) is 1. The van der Waals surface area contributed by atoms with Gasteiger partial charge in [0.15, 0.2) is 17.1 Å². The number of methoxy groups -OCH3 is 1. The number of ether oxygens (including phenoxy) is 1. The molecular formula is C19H24ClN3O4. The molecule has 0 spiro atoms. The van der Waals surface area contributed by atoms with Crippen LogP contribution in [0.2, 0.25) is 5.02 Å². The Bertz CT molecular complexity index is 796. The van der Waals surface area contributed by atoms with Gasteiger partial charge in [-0.3, -0.25) is 0 Å². The highest BCUT2D eigenvalue weighted by Crippen LogP contribution is 2.35. The molecule has 3 rings (SSSR count). The molecule has 2 heterocycles. The van der Waals surface area contributed by atoms with E-state index in [-0.39, 0.29) is 16.9 Å². The van der Waals surface area contributed by atoms with E-state index in [1.54, 1.807) is 31.4 Å². The Morgan fingerprint density at radius 3 is 2.48 bits per heavy atom. The Hall–Kier alpha value is -2.09. The van der Waals surface area contributed by atoms with Crippen LogP contribution >= 0.6 is 11.6 Å². The van der Waals surface area contributed by atoms with Gasteiger partial charge in [0.1, 0.15) is 0 Å². The van der Waals surface area contributed by atoms with Crippen LogP contribution in [0.5, 0.6) is 0 Å². The second-order valence-electron chi connectivity index (χ2n) is 7.13. The molecule has 0 bridgehead atoms. The van der Waals surface area contributed by atoms with Crippen LogP contribution in [-0.2, 0) is 4.74 Å². The number of carboxylic acids is 1. The van der Waals surface area contributed by atoms with Crippen molar-refractivity contribution in [2.45, 2.75) is 18.4 Å².